The first-order chi connectivity index (χ1) is 19.2. The SMILES string of the molecule is Cc1cc(Nc2nc(Nc3ccccc3S(=O)(=O)C(C)C)c3c(C)[nH]nc3n2)c2c(c1C1CCNCC1)CCO2. The Morgan fingerprint density at radius 1 is 1.05 bits per heavy atom. The van der Waals surface area contributed by atoms with E-state index in [4.69, 9.17) is 9.72 Å². The first-order valence-electron chi connectivity index (χ1n) is 13.8. The van der Waals surface area contributed by atoms with Gasteiger partial charge in [-0.2, -0.15) is 15.1 Å². The number of hydrogen-bond acceptors (Lipinski definition) is 9. The van der Waals surface area contributed by atoms with Crippen LogP contribution in [0.2, 0.25) is 0 Å². The molecule has 6 rings (SSSR count). The minimum atomic E-state index is -3.53. The van der Waals surface area contributed by atoms with E-state index in [1.807, 2.05) is 6.92 Å². The molecule has 4 aromatic rings. The van der Waals surface area contributed by atoms with Crippen molar-refractivity contribution in [2.75, 3.05) is 30.3 Å². The van der Waals surface area contributed by atoms with E-state index in [9.17, 15) is 8.42 Å². The van der Waals surface area contributed by atoms with Crippen LogP contribution in [0.5, 0.6) is 5.75 Å². The van der Waals surface area contributed by atoms with Gasteiger partial charge < -0.3 is 20.7 Å². The second-order valence-corrected chi connectivity index (χ2v) is 13.3. The molecule has 1 fully saturated rings. The molecule has 1 saturated heterocycles. The van der Waals surface area contributed by atoms with Gasteiger partial charge in [0.05, 0.1) is 33.5 Å². The van der Waals surface area contributed by atoms with E-state index in [1.54, 1.807) is 38.1 Å². The van der Waals surface area contributed by atoms with E-state index < -0.39 is 15.1 Å². The summed E-state index contributed by atoms with van der Waals surface area (Å²) < 4.78 is 32.3. The lowest BCUT2D eigenvalue weighted by molar-refractivity contribution is 0.358. The van der Waals surface area contributed by atoms with Crippen molar-refractivity contribution in [2.45, 2.75) is 63.0 Å². The number of nitrogens with one attached hydrogen (secondary N) is 4. The van der Waals surface area contributed by atoms with Crippen molar-refractivity contribution in [3.05, 3.63) is 52.7 Å². The number of aromatic nitrogens is 4. The fraction of sp³-hybridized carbons (Fsp3) is 0.414. The van der Waals surface area contributed by atoms with Crippen LogP contribution in [0.15, 0.2) is 35.2 Å². The number of anilines is 4. The lowest BCUT2D eigenvalue weighted by atomic mass is 9.83. The highest BCUT2D eigenvalue weighted by molar-refractivity contribution is 7.92. The molecule has 0 aliphatic carbocycles. The maximum absolute atomic E-state index is 13.1. The number of aromatic amines is 1. The van der Waals surface area contributed by atoms with Crippen molar-refractivity contribution in [2.24, 2.45) is 0 Å². The smallest absolute Gasteiger partial charge is 0.231 e. The predicted octanol–water partition coefficient (Wildman–Crippen LogP) is 5.04. The van der Waals surface area contributed by atoms with Gasteiger partial charge in [0.15, 0.2) is 15.5 Å². The van der Waals surface area contributed by atoms with Crippen LogP contribution in [-0.2, 0) is 16.3 Å². The molecule has 2 aromatic heterocycles. The van der Waals surface area contributed by atoms with Crippen LogP contribution in [0.1, 0.15) is 55.0 Å². The van der Waals surface area contributed by atoms with Crippen molar-refractivity contribution in [3.8, 4) is 5.75 Å². The zero-order valence-electron chi connectivity index (χ0n) is 23.3. The Bertz CT molecular complexity index is 1690. The summed E-state index contributed by atoms with van der Waals surface area (Å²) in [6.45, 7) is 10.1. The first-order valence-corrected chi connectivity index (χ1v) is 15.4. The Balaban J connectivity index is 1.40. The molecular weight excluding hydrogens is 526 g/mol. The summed E-state index contributed by atoms with van der Waals surface area (Å²) in [4.78, 5) is 9.71. The van der Waals surface area contributed by atoms with E-state index in [0.29, 0.717) is 41.0 Å². The van der Waals surface area contributed by atoms with Crippen molar-refractivity contribution in [3.63, 3.8) is 0 Å². The molecule has 4 N–H and O–H groups in total. The number of aryl methyl sites for hydroxylation is 2. The molecule has 40 heavy (non-hydrogen) atoms. The Morgan fingerprint density at radius 3 is 2.60 bits per heavy atom. The summed E-state index contributed by atoms with van der Waals surface area (Å²) in [5.41, 5.74) is 6.46. The van der Waals surface area contributed by atoms with Gasteiger partial charge in [-0.1, -0.05) is 12.1 Å². The molecule has 11 heteroatoms. The van der Waals surface area contributed by atoms with Crippen LogP contribution in [-0.4, -0.2) is 53.5 Å². The minimum absolute atomic E-state index is 0.225. The van der Waals surface area contributed by atoms with Crippen LogP contribution in [0.3, 0.4) is 0 Å². The Morgan fingerprint density at radius 2 is 1.82 bits per heavy atom. The van der Waals surface area contributed by atoms with E-state index in [-0.39, 0.29) is 4.90 Å². The fourth-order valence-electron chi connectivity index (χ4n) is 5.86. The van der Waals surface area contributed by atoms with Gasteiger partial charge in [-0.05, 0) is 88.9 Å². The highest BCUT2D eigenvalue weighted by atomic mass is 32.2. The van der Waals surface area contributed by atoms with Crippen molar-refractivity contribution in [1.82, 2.24) is 25.5 Å². The van der Waals surface area contributed by atoms with Crippen molar-refractivity contribution in [1.29, 1.82) is 0 Å². The van der Waals surface area contributed by atoms with Gasteiger partial charge in [0, 0.05) is 17.7 Å². The van der Waals surface area contributed by atoms with Gasteiger partial charge in [0.2, 0.25) is 5.95 Å². The van der Waals surface area contributed by atoms with E-state index in [1.165, 1.54) is 16.7 Å². The van der Waals surface area contributed by atoms with Crippen LogP contribution < -0.4 is 20.7 Å². The Hall–Kier alpha value is -3.70. The topological polar surface area (TPSA) is 134 Å². The third-order valence-corrected chi connectivity index (χ3v) is 10.1. The number of sulfone groups is 1. The van der Waals surface area contributed by atoms with Gasteiger partial charge in [-0.25, -0.2) is 8.42 Å². The second kappa shape index (κ2) is 10.4. The molecule has 0 spiro atoms. The summed E-state index contributed by atoms with van der Waals surface area (Å²) in [5.74, 6) is 2.20. The molecule has 0 bridgehead atoms. The van der Waals surface area contributed by atoms with E-state index in [0.717, 1.165) is 49.5 Å². The number of para-hydroxylation sites is 1. The summed E-state index contributed by atoms with van der Waals surface area (Å²) in [6.07, 6.45) is 3.14. The second-order valence-electron chi connectivity index (χ2n) is 10.9. The first kappa shape index (κ1) is 26.5. The number of benzene rings is 2. The maximum Gasteiger partial charge on any atom is 0.231 e. The summed E-state index contributed by atoms with van der Waals surface area (Å²) in [7, 11) is -3.53. The number of piperidine rings is 1. The zero-order valence-corrected chi connectivity index (χ0v) is 24.1. The third-order valence-electron chi connectivity index (χ3n) is 7.88. The molecule has 2 aliphatic rings. The number of H-pyrrole nitrogens is 1. The number of fused-ring (bicyclic) bond motifs is 2. The standard InChI is InChI=1S/C29H35N7O3S/c1-16(2)40(37,38)23-8-6-5-7-21(23)31-27-25-18(4)35-36-28(25)34-29(33-27)32-22-15-17(3)24(19-9-12-30-13-10-19)20-11-14-39-26(20)22/h5-8,15-16,19,30H,9-14H2,1-4H3,(H3,31,32,33,34,35,36). The van der Waals surface area contributed by atoms with Gasteiger partial charge in [0.1, 0.15) is 11.6 Å². The minimum Gasteiger partial charge on any atom is -0.491 e. The Kier molecular flexibility index (Phi) is 6.87. The normalized spacial score (nSPS) is 15.8. The van der Waals surface area contributed by atoms with Crippen LogP contribution in [0.25, 0.3) is 11.0 Å². The zero-order chi connectivity index (χ0) is 28.0. The molecule has 0 amide bonds. The lowest BCUT2D eigenvalue weighted by Gasteiger charge is -2.27. The molecule has 2 aromatic carbocycles. The van der Waals surface area contributed by atoms with Gasteiger partial charge in [-0.15, -0.1) is 0 Å². The van der Waals surface area contributed by atoms with Crippen LogP contribution in [0, 0.1) is 13.8 Å². The van der Waals surface area contributed by atoms with Gasteiger partial charge in [0.25, 0.3) is 0 Å². The van der Waals surface area contributed by atoms with E-state index in [2.05, 4.69) is 44.1 Å². The summed E-state index contributed by atoms with van der Waals surface area (Å²) in [5, 5.41) is 17.6. The molecule has 2 aliphatic heterocycles. The summed E-state index contributed by atoms with van der Waals surface area (Å²) >= 11 is 0. The van der Waals surface area contributed by atoms with Gasteiger partial charge in [-0.3, -0.25) is 5.10 Å². The van der Waals surface area contributed by atoms with Crippen LogP contribution in [0.4, 0.5) is 23.1 Å². The molecule has 0 atom stereocenters. The van der Waals surface area contributed by atoms with Crippen molar-refractivity contribution < 1.29 is 13.2 Å². The number of nitrogens with zero attached hydrogens (tertiary/aromatic N) is 3. The molecule has 10 nitrogen and oxygen atoms in total. The Labute approximate surface area is 234 Å². The largest absolute Gasteiger partial charge is 0.491 e. The highest BCUT2D eigenvalue weighted by Crippen LogP contribution is 2.44. The quantitative estimate of drug-likeness (QED) is 0.245. The monoisotopic (exact) mass is 561 g/mol. The number of hydrogen-bond donors (Lipinski definition) is 4. The van der Waals surface area contributed by atoms with Crippen molar-refractivity contribution >= 4 is 44.0 Å². The molecule has 210 valence electrons. The maximum atomic E-state index is 13.1. The molecule has 4 heterocycles. The predicted molar refractivity (Wildman–Crippen MR) is 157 cm³/mol. The molecule has 0 radical (unpaired) electrons. The van der Waals surface area contributed by atoms with Crippen LogP contribution >= 0.6 is 0 Å². The molecule has 0 saturated carbocycles. The fourth-order valence-corrected chi connectivity index (χ4v) is 7.06. The lowest BCUT2D eigenvalue weighted by Crippen LogP contribution is -2.27. The number of ether oxygens (including phenoxy) is 1. The van der Waals surface area contributed by atoms with E-state index >= 15 is 0 Å². The average molecular weight is 562 g/mol. The number of rotatable bonds is 7. The summed E-state index contributed by atoms with van der Waals surface area (Å²) in [6, 6.07) is 9.01. The third kappa shape index (κ3) is 4.66. The molecular formula is C29H35N7O3S. The average Bonchev–Trinajstić information content (AvgIpc) is 3.57. The highest BCUT2D eigenvalue weighted by Gasteiger charge is 2.29. The molecule has 0 unspecified atom stereocenters. The van der Waals surface area contributed by atoms with Gasteiger partial charge >= 0.3 is 0 Å².